The maximum Gasteiger partial charge on any atom is 0.306 e. The van der Waals surface area contributed by atoms with Gasteiger partial charge in [0.2, 0.25) is 0 Å². The molecule has 0 aliphatic carbocycles. The van der Waals surface area contributed by atoms with Crippen molar-refractivity contribution in [2.45, 2.75) is 290 Å². The Bertz CT molecular complexity index is 1670. The fourth-order valence-electron chi connectivity index (χ4n) is 8.67. The summed E-state index contributed by atoms with van der Waals surface area (Å²) in [6.45, 7) is 6.36. The first-order valence-electron chi connectivity index (χ1n) is 32.2. The zero-order valence-electron chi connectivity index (χ0n) is 50.6. The van der Waals surface area contributed by atoms with Gasteiger partial charge in [0.25, 0.3) is 0 Å². The Kier molecular flexibility index (Phi) is 61.4. The Labute approximate surface area is 481 Å². The van der Waals surface area contributed by atoms with Crippen LogP contribution < -0.4 is 0 Å². The van der Waals surface area contributed by atoms with E-state index >= 15 is 0 Å². The molecule has 0 rings (SSSR count). The molecule has 0 fully saturated rings. The van der Waals surface area contributed by atoms with E-state index in [9.17, 15) is 14.4 Å². The Morgan fingerprint density at radius 1 is 0.269 bits per heavy atom. The van der Waals surface area contributed by atoms with Crippen molar-refractivity contribution in [1.29, 1.82) is 0 Å². The highest BCUT2D eigenvalue weighted by molar-refractivity contribution is 5.71. The zero-order chi connectivity index (χ0) is 56.4. The van der Waals surface area contributed by atoms with Crippen molar-refractivity contribution in [3.05, 3.63) is 134 Å². The van der Waals surface area contributed by atoms with Gasteiger partial charge < -0.3 is 14.2 Å². The summed E-state index contributed by atoms with van der Waals surface area (Å²) in [6, 6.07) is 0. The van der Waals surface area contributed by atoms with E-state index in [1.54, 1.807) is 0 Å². The van der Waals surface area contributed by atoms with Gasteiger partial charge in [-0.2, -0.15) is 0 Å². The van der Waals surface area contributed by atoms with E-state index < -0.39 is 12.1 Å². The first kappa shape index (κ1) is 73.5. The lowest BCUT2D eigenvalue weighted by atomic mass is 10.0. The van der Waals surface area contributed by atoms with Crippen molar-refractivity contribution in [2.24, 2.45) is 0 Å². The minimum absolute atomic E-state index is 0.110. The first-order valence-corrected chi connectivity index (χ1v) is 32.2. The van der Waals surface area contributed by atoms with E-state index in [1.807, 2.05) is 6.08 Å². The van der Waals surface area contributed by atoms with Gasteiger partial charge in [-0.25, -0.2) is 0 Å². The molecule has 78 heavy (non-hydrogen) atoms. The van der Waals surface area contributed by atoms with Gasteiger partial charge in [-0.15, -0.1) is 0 Å². The van der Waals surface area contributed by atoms with Gasteiger partial charge >= 0.3 is 17.9 Å². The number of esters is 3. The summed E-state index contributed by atoms with van der Waals surface area (Å²) in [7, 11) is 0. The standard InChI is InChI=1S/C72H118O6/c1-4-7-10-13-16-19-22-25-28-30-32-33-34-35-36-37-38-39-41-42-44-47-50-53-56-59-62-65-71(74)77-68-69(67-76-70(73)64-61-58-55-52-49-46-27-24-21-18-15-12-9-6-3)78-72(75)66-63-60-57-54-51-48-45-43-40-31-29-26-23-20-17-14-11-8-5-2/h7-8,10-11,16-17,19-20,25-26,28-29,32-33,35-36,40,43,48,51,57,60,69H,4-6,9,12-15,18,21-24,27,30-31,34,37-39,41-42,44-47,49-50,52-56,58-59,61-68H2,1-3H3/b10-7-,11-8-,19-16-,20-17-,28-25-,29-26-,33-32-,36-35-,43-40-,51-48-,60-57-. The third-order valence-corrected chi connectivity index (χ3v) is 13.4. The summed E-state index contributed by atoms with van der Waals surface area (Å²) < 4.78 is 16.9. The van der Waals surface area contributed by atoms with Gasteiger partial charge in [-0.1, -0.05) is 296 Å². The monoisotopic (exact) mass is 1080 g/mol. The lowest BCUT2D eigenvalue weighted by Gasteiger charge is -2.18. The summed E-state index contributed by atoms with van der Waals surface area (Å²) in [5.41, 5.74) is 0. The van der Waals surface area contributed by atoms with Crippen LogP contribution in [-0.2, 0) is 28.6 Å². The molecule has 0 N–H and O–H groups in total. The maximum absolute atomic E-state index is 12.9. The van der Waals surface area contributed by atoms with Gasteiger partial charge in [0.05, 0.1) is 0 Å². The largest absolute Gasteiger partial charge is 0.462 e. The van der Waals surface area contributed by atoms with Crippen molar-refractivity contribution >= 4 is 17.9 Å². The highest BCUT2D eigenvalue weighted by Crippen LogP contribution is 2.16. The molecule has 0 bridgehead atoms. The number of hydrogen-bond donors (Lipinski definition) is 0. The molecule has 1 unspecified atom stereocenters. The number of ether oxygens (including phenoxy) is 3. The Balaban J connectivity index is 4.41. The fourth-order valence-corrected chi connectivity index (χ4v) is 8.67. The molecule has 0 saturated heterocycles. The quantitative estimate of drug-likeness (QED) is 0.0261. The van der Waals surface area contributed by atoms with Crippen LogP contribution in [0.25, 0.3) is 0 Å². The van der Waals surface area contributed by atoms with Gasteiger partial charge in [-0.3, -0.25) is 14.4 Å². The molecule has 0 aromatic rings. The second-order valence-corrected chi connectivity index (χ2v) is 20.9. The van der Waals surface area contributed by atoms with Crippen LogP contribution in [0.2, 0.25) is 0 Å². The van der Waals surface area contributed by atoms with E-state index in [2.05, 4.69) is 148 Å². The van der Waals surface area contributed by atoms with Crippen LogP contribution in [0, 0.1) is 0 Å². The van der Waals surface area contributed by atoms with Crippen molar-refractivity contribution in [3.8, 4) is 0 Å². The Morgan fingerprint density at radius 2 is 0.526 bits per heavy atom. The van der Waals surface area contributed by atoms with Crippen molar-refractivity contribution < 1.29 is 28.6 Å². The molecule has 6 nitrogen and oxygen atoms in total. The summed E-state index contributed by atoms with van der Waals surface area (Å²) >= 11 is 0. The van der Waals surface area contributed by atoms with Crippen molar-refractivity contribution in [3.63, 3.8) is 0 Å². The van der Waals surface area contributed by atoms with Gasteiger partial charge in [0.1, 0.15) is 13.2 Å². The summed E-state index contributed by atoms with van der Waals surface area (Å²) in [4.78, 5) is 38.3. The van der Waals surface area contributed by atoms with Crippen LogP contribution in [0.5, 0.6) is 0 Å². The number of hydrogen-bond acceptors (Lipinski definition) is 6. The molecule has 0 radical (unpaired) electrons. The third kappa shape index (κ3) is 62.4. The van der Waals surface area contributed by atoms with Gasteiger partial charge in [0, 0.05) is 19.3 Å². The van der Waals surface area contributed by atoms with Crippen LogP contribution in [-0.4, -0.2) is 37.2 Å². The number of unbranched alkanes of at least 4 members (excludes halogenated alkanes) is 24. The van der Waals surface area contributed by atoms with Crippen LogP contribution in [0.4, 0.5) is 0 Å². The average Bonchev–Trinajstić information content (AvgIpc) is 3.44. The predicted molar refractivity (Wildman–Crippen MR) is 339 cm³/mol. The van der Waals surface area contributed by atoms with E-state index in [-0.39, 0.29) is 31.6 Å². The van der Waals surface area contributed by atoms with Crippen molar-refractivity contribution in [1.82, 2.24) is 0 Å². The molecule has 0 aliphatic heterocycles. The number of allylic oxidation sites excluding steroid dienone is 22. The van der Waals surface area contributed by atoms with Crippen LogP contribution in [0.1, 0.15) is 284 Å². The highest BCUT2D eigenvalue weighted by Gasteiger charge is 2.19. The van der Waals surface area contributed by atoms with Crippen LogP contribution in [0.3, 0.4) is 0 Å². The lowest BCUT2D eigenvalue weighted by Crippen LogP contribution is -2.30. The second-order valence-electron chi connectivity index (χ2n) is 20.9. The highest BCUT2D eigenvalue weighted by atomic mass is 16.6. The lowest BCUT2D eigenvalue weighted by molar-refractivity contribution is -0.166. The molecule has 0 amide bonds. The molecule has 1 atom stereocenters. The summed E-state index contributed by atoms with van der Waals surface area (Å²) in [6.07, 6.45) is 91.8. The topological polar surface area (TPSA) is 78.9 Å². The summed E-state index contributed by atoms with van der Waals surface area (Å²) in [5, 5.41) is 0. The molecule has 0 saturated carbocycles. The normalized spacial score (nSPS) is 13.0. The zero-order valence-corrected chi connectivity index (χ0v) is 50.6. The first-order chi connectivity index (χ1) is 38.5. The predicted octanol–water partition coefficient (Wildman–Crippen LogP) is 22.2. The smallest absolute Gasteiger partial charge is 0.306 e. The molecule has 6 heteroatoms. The maximum atomic E-state index is 12.9. The third-order valence-electron chi connectivity index (χ3n) is 13.4. The molecule has 0 aliphatic rings. The second kappa shape index (κ2) is 65.1. The molecule has 0 aromatic carbocycles. The van der Waals surface area contributed by atoms with E-state index in [1.165, 1.54) is 128 Å². The minimum atomic E-state index is -0.823. The van der Waals surface area contributed by atoms with Crippen LogP contribution >= 0.6 is 0 Å². The van der Waals surface area contributed by atoms with E-state index in [0.717, 1.165) is 109 Å². The van der Waals surface area contributed by atoms with Crippen molar-refractivity contribution in [2.75, 3.05) is 13.2 Å². The number of carbonyl (C=O) groups excluding carboxylic acids is 3. The van der Waals surface area contributed by atoms with Gasteiger partial charge in [-0.05, 0) is 103 Å². The summed E-state index contributed by atoms with van der Waals surface area (Å²) in [5.74, 6) is -0.993. The number of carbonyl (C=O) groups is 3. The Morgan fingerprint density at radius 3 is 0.833 bits per heavy atom. The van der Waals surface area contributed by atoms with E-state index in [0.29, 0.717) is 19.3 Å². The SMILES string of the molecule is CC/C=C\C/C=C\C/C=C\C/C=C\C/C=C\C/C=C\CCC(=O)OC(COC(=O)CCCCCCCCCCCCC/C=C\C/C=C\C/C=C\C/C=C\C/C=C\CC)COC(=O)CCCCCCCCCCCCCCCC. The molecule has 0 spiro atoms. The fraction of sp³-hybridized carbons (Fsp3) is 0.653. The molecule has 0 heterocycles. The van der Waals surface area contributed by atoms with E-state index in [4.69, 9.17) is 14.2 Å². The Hall–Kier alpha value is -4.45. The molecule has 0 aromatic heterocycles. The number of rotatable bonds is 57. The van der Waals surface area contributed by atoms with Gasteiger partial charge in [0.15, 0.2) is 6.10 Å². The molecular weight excluding hydrogens is 961 g/mol. The molecule has 442 valence electrons. The minimum Gasteiger partial charge on any atom is -0.462 e. The average molecular weight is 1080 g/mol. The van der Waals surface area contributed by atoms with Crippen LogP contribution in [0.15, 0.2) is 134 Å². The molecular formula is C72H118O6.